The highest BCUT2D eigenvalue weighted by Crippen LogP contribution is 2.30. The average molecular weight is 220 g/mol. The summed E-state index contributed by atoms with van der Waals surface area (Å²) in [5.74, 6) is 1.05. The Kier molecular flexibility index (Phi) is 3.13. The van der Waals surface area contributed by atoms with E-state index in [1.54, 1.807) is 0 Å². The van der Waals surface area contributed by atoms with Crippen molar-refractivity contribution in [1.29, 1.82) is 0 Å². The van der Waals surface area contributed by atoms with Crippen molar-refractivity contribution in [3.8, 4) is 0 Å². The molecule has 0 aromatic carbocycles. The largest absolute Gasteiger partial charge is 0.299 e. The second-order valence-electron chi connectivity index (χ2n) is 4.99. The van der Waals surface area contributed by atoms with Gasteiger partial charge in [-0.05, 0) is 19.8 Å². The molecule has 0 spiro atoms. The first-order valence-electron chi connectivity index (χ1n) is 6.08. The van der Waals surface area contributed by atoms with Gasteiger partial charge in [0.1, 0.15) is 5.78 Å². The Labute approximate surface area is 96.8 Å². The van der Waals surface area contributed by atoms with Crippen LogP contribution in [0.4, 0.5) is 0 Å². The summed E-state index contributed by atoms with van der Waals surface area (Å²) in [5, 5.41) is 4.34. The van der Waals surface area contributed by atoms with Crippen LogP contribution < -0.4 is 0 Å². The van der Waals surface area contributed by atoms with E-state index in [1.165, 1.54) is 19.3 Å². The molecule has 0 aliphatic heterocycles. The van der Waals surface area contributed by atoms with E-state index >= 15 is 0 Å². The number of rotatable bonds is 4. The minimum atomic E-state index is 0.379. The van der Waals surface area contributed by atoms with Gasteiger partial charge in [-0.15, -0.1) is 0 Å². The zero-order valence-corrected chi connectivity index (χ0v) is 10.4. The SMILES string of the molecule is Cc1nn(C)c(C)c1CC(=O)CC1CCC1. The van der Waals surface area contributed by atoms with Gasteiger partial charge < -0.3 is 0 Å². The average Bonchev–Trinajstić information content (AvgIpc) is 2.39. The van der Waals surface area contributed by atoms with E-state index in [9.17, 15) is 4.79 Å². The lowest BCUT2D eigenvalue weighted by Crippen LogP contribution is -2.17. The molecule has 16 heavy (non-hydrogen) atoms. The summed E-state index contributed by atoms with van der Waals surface area (Å²) in [5.41, 5.74) is 3.26. The lowest BCUT2D eigenvalue weighted by atomic mass is 9.81. The molecule has 3 heteroatoms. The molecule has 1 aromatic rings. The fourth-order valence-corrected chi connectivity index (χ4v) is 2.36. The minimum absolute atomic E-state index is 0.379. The van der Waals surface area contributed by atoms with E-state index in [-0.39, 0.29) is 0 Å². The van der Waals surface area contributed by atoms with Crippen LogP contribution in [0.15, 0.2) is 0 Å². The van der Waals surface area contributed by atoms with E-state index < -0.39 is 0 Å². The molecule has 3 nitrogen and oxygen atoms in total. The molecule has 0 unspecified atom stereocenters. The van der Waals surface area contributed by atoms with Crippen molar-refractivity contribution in [2.75, 3.05) is 0 Å². The molecule has 0 N–H and O–H groups in total. The summed E-state index contributed by atoms with van der Waals surface area (Å²) in [6.07, 6.45) is 5.15. The molecule has 0 saturated heterocycles. The molecule has 1 heterocycles. The fraction of sp³-hybridized carbons (Fsp3) is 0.692. The number of hydrogen-bond acceptors (Lipinski definition) is 2. The minimum Gasteiger partial charge on any atom is -0.299 e. The number of carbonyl (C=O) groups is 1. The fourth-order valence-electron chi connectivity index (χ4n) is 2.36. The zero-order valence-electron chi connectivity index (χ0n) is 10.4. The van der Waals surface area contributed by atoms with Crippen LogP contribution in [0.2, 0.25) is 0 Å². The van der Waals surface area contributed by atoms with Crippen LogP contribution >= 0.6 is 0 Å². The number of aryl methyl sites for hydroxylation is 2. The highest BCUT2D eigenvalue weighted by molar-refractivity contribution is 5.81. The number of carbonyl (C=O) groups excluding carboxylic acids is 1. The lowest BCUT2D eigenvalue weighted by molar-refractivity contribution is -0.119. The Bertz CT molecular complexity index is 402. The first-order valence-corrected chi connectivity index (χ1v) is 6.08. The maximum Gasteiger partial charge on any atom is 0.137 e. The summed E-state index contributed by atoms with van der Waals surface area (Å²) >= 11 is 0. The molecule has 88 valence electrons. The molecule has 1 saturated carbocycles. The summed E-state index contributed by atoms with van der Waals surface area (Å²) < 4.78 is 1.86. The lowest BCUT2D eigenvalue weighted by Gasteiger charge is -2.24. The summed E-state index contributed by atoms with van der Waals surface area (Å²) in [4.78, 5) is 11.9. The van der Waals surface area contributed by atoms with Gasteiger partial charge in [0.15, 0.2) is 0 Å². The van der Waals surface area contributed by atoms with Crippen molar-refractivity contribution in [2.45, 2.75) is 46.0 Å². The van der Waals surface area contributed by atoms with E-state index in [0.717, 1.165) is 23.4 Å². The molecule has 0 radical (unpaired) electrons. The highest BCUT2D eigenvalue weighted by Gasteiger charge is 2.22. The van der Waals surface area contributed by atoms with Crippen molar-refractivity contribution in [1.82, 2.24) is 9.78 Å². The molecule has 0 bridgehead atoms. The third-order valence-electron chi connectivity index (χ3n) is 3.77. The van der Waals surface area contributed by atoms with Crippen LogP contribution in [-0.4, -0.2) is 15.6 Å². The van der Waals surface area contributed by atoms with E-state index in [2.05, 4.69) is 5.10 Å². The summed E-state index contributed by atoms with van der Waals surface area (Å²) in [6, 6.07) is 0. The topological polar surface area (TPSA) is 34.9 Å². The van der Waals surface area contributed by atoms with Gasteiger partial charge in [-0.3, -0.25) is 9.48 Å². The number of aromatic nitrogens is 2. The van der Waals surface area contributed by atoms with Gasteiger partial charge in [-0.25, -0.2) is 0 Å². The van der Waals surface area contributed by atoms with Crippen LogP contribution in [0.1, 0.15) is 42.6 Å². The third kappa shape index (κ3) is 2.18. The van der Waals surface area contributed by atoms with Crippen molar-refractivity contribution in [2.24, 2.45) is 13.0 Å². The van der Waals surface area contributed by atoms with Crippen LogP contribution in [0.3, 0.4) is 0 Å². The molecule has 1 aliphatic carbocycles. The summed E-state index contributed by atoms with van der Waals surface area (Å²) in [7, 11) is 1.93. The van der Waals surface area contributed by atoms with Gasteiger partial charge in [-0.2, -0.15) is 5.10 Å². The van der Waals surface area contributed by atoms with Crippen molar-refractivity contribution >= 4 is 5.78 Å². The van der Waals surface area contributed by atoms with Gasteiger partial charge in [0.25, 0.3) is 0 Å². The smallest absolute Gasteiger partial charge is 0.137 e. The Balaban J connectivity index is 1.99. The Morgan fingerprint density at radius 3 is 2.56 bits per heavy atom. The molecule has 1 fully saturated rings. The van der Waals surface area contributed by atoms with Crippen LogP contribution in [0.25, 0.3) is 0 Å². The second kappa shape index (κ2) is 4.40. The predicted octanol–water partition coefficient (Wildman–Crippen LogP) is 2.34. The third-order valence-corrected chi connectivity index (χ3v) is 3.77. The molecule has 0 atom stereocenters. The standard InChI is InChI=1S/C13H20N2O/c1-9-13(10(2)15(3)14-9)8-12(16)7-11-5-4-6-11/h11H,4-8H2,1-3H3. The number of nitrogens with zero attached hydrogens (tertiary/aromatic N) is 2. The quantitative estimate of drug-likeness (QED) is 0.780. The Hall–Kier alpha value is -1.12. The first kappa shape index (κ1) is 11.4. The van der Waals surface area contributed by atoms with Gasteiger partial charge in [0, 0.05) is 31.1 Å². The normalized spacial score (nSPS) is 16.2. The second-order valence-corrected chi connectivity index (χ2v) is 4.99. The van der Waals surface area contributed by atoms with Gasteiger partial charge in [0.05, 0.1) is 5.69 Å². The number of Topliss-reactive ketones (excluding diaryl/α,β-unsaturated/α-hetero) is 1. The molecular weight excluding hydrogens is 200 g/mol. The van der Waals surface area contributed by atoms with Crippen molar-refractivity contribution in [3.05, 3.63) is 17.0 Å². The molecule has 0 amide bonds. The maximum atomic E-state index is 11.9. The van der Waals surface area contributed by atoms with E-state index in [1.807, 2.05) is 25.6 Å². The molecular formula is C13H20N2O. The number of hydrogen-bond donors (Lipinski definition) is 0. The summed E-state index contributed by atoms with van der Waals surface area (Å²) in [6.45, 7) is 4.02. The van der Waals surface area contributed by atoms with Crippen LogP contribution in [-0.2, 0) is 18.3 Å². The van der Waals surface area contributed by atoms with Crippen LogP contribution in [0, 0.1) is 19.8 Å². The maximum absolute atomic E-state index is 11.9. The monoisotopic (exact) mass is 220 g/mol. The van der Waals surface area contributed by atoms with Gasteiger partial charge >= 0.3 is 0 Å². The Morgan fingerprint density at radius 2 is 2.12 bits per heavy atom. The molecule has 1 aliphatic rings. The first-order chi connectivity index (χ1) is 7.58. The van der Waals surface area contributed by atoms with Crippen molar-refractivity contribution in [3.63, 3.8) is 0 Å². The van der Waals surface area contributed by atoms with Gasteiger partial charge in [0.2, 0.25) is 0 Å². The van der Waals surface area contributed by atoms with E-state index in [0.29, 0.717) is 18.1 Å². The van der Waals surface area contributed by atoms with E-state index in [4.69, 9.17) is 0 Å². The molecule has 2 rings (SSSR count). The Morgan fingerprint density at radius 1 is 1.44 bits per heavy atom. The van der Waals surface area contributed by atoms with Crippen LogP contribution in [0.5, 0.6) is 0 Å². The number of ketones is 1. The van der Waals surface area contributed by atoms with Gasteiger partial charge in [-0.1, -0.05) is 19.3 Å². The zero-order chi connectivity index (χ0) is 11.7. The van der Waals surface area contributed by atoms with Crippen molar-refractivity contribution < 1.29 is 4.79 Å². The highest BCUT2D eigenvalue weighted by atomic mass is 16.1. The molecule has 1 aromatic heterocycles. The predicted molar refractivity (Wildman–Crippen MR) is 63.4 cm³/mol.